The van der Waals surface area contributed by atoms with E-state index in [1.807, 2.05) is 12.1 Å². The summed E-state index contributed by atoms with van der Waals surface area (Å²) in [4.78, 5) is 18.7. The number of nitrogens with one attached hydrogen (secondary N) is 1. The Labute approximate surface area is 153 Å². The molecule has 1 aliphatic rings. The van der Waals surface area contributed by atoms with Crippen LogP contribution in [-0.2, 0) is 6.54 Å². The van der Waals surface area contributed by atoms with Crippen molar-refractivity contribution in [1.29, 1.82) is 0 Å². The van der Waals surface area contributed by atoms with Crippen LogP contribution < -0.4 is 10.1 Å². The second kappa shape index (κ2) is 8.78. The Bertz CT molecular complexity index is 706. The Morgan fingerprint density at radius 3 is 2.81 bits per heavy atom. The molecule has 6 nitrogen and oxygen atoms in total. The Hall–Kier alpha value is -2.44. The molecular formula is C20H25N3O3. The smallest absolute Gasteiger partial charge is 0.253 e. The number of aliphatic hydroxyl groups is 1. The third-order valence-electron chi connectivity index (χ3n) is 4.88. The summed E-state index contributed by atoms with van der Waals surface area (Å²) in [6.07, 6.45) is 4.05. The van der Waals surface area contributed by atoms with Crippen LogP contribution in [0.4, 0.5) is 0 Å². The van der Waals surface area contributed by atoms with Crippen LogP contribution in [0.3, 0.4) is 0 Å². The second-order valence-corrected chi connectivity index (χ2v) is 6.64. The van der Waals surface area contributed by atoms with Gasteiger partial charge >= 0.3 is 0 Å². The van der Waals surface area contributed by atoms with Gasteiger partial charge in [0, 0.05) is 44.0 Å². The van der Waals surface area contributed by atoms with E-state index in [1.165, 1.54) is 5.56 Å². The summed E-state index contributed by atoms with van der Waals surface area (Å²) in [6, 6.07) is 11.4. The third-order valence-corrected chi connectivity index (χ3v) is 4.88. The molecule has 1 fully saturated rings. The molecule has 0 unspecified atom stereocenters. The monoisotopic (exact) mass is 355 g/mol. The number of methoxy groups -OCH3 is 1. The number of aliphatic hydroxyl groups excluding tert-OH is 1. The number of aromatic nitrogens is 1. The summed E-state index contributed by atoms with van der Waals surface area (Å²) in [7, 11) is 1.66. The van der Waals surface area contributed by atoms with Gasteiger partial charge in [-0.2, -0.15) is 0 Å². The van der Waals surface area contributed by atoms with E-state index in [2.05, 4.69) is 27.3 Å². The van der Waals surface area contributed by atoms with Crippen molar-refractivity contribution in [3.05, 3.63) is 59.9 Å². The number of carbonyl (C=O) groups is 1. The molecular weight excluding hydrogens is 330 g/mol. The highest BCUT2D eigenvalue weighted by molar-refractivity contribution is 5.94. The van der Waals surface area contributed by atoms with Gasteiger partial charge in [-0.1, -0.05) is 12.1 Å². The molecule has 2 N–H and O–H groups in total. The average Bonchev–Trinajstić information content (AvgIpc) is 2.69. The largest absolute Gasteiger partial charge is 0.497 e. The molecule has 0 aliphatic carbocycles. The number of nitrogens with zero attached hydrogens (tertiary/aromatic N) is 2. The fourth-order valence-corrected chi connectivity index (χ4v) is 3.33. The minimum absolute atomic E-state index is 0.0720. The fraction of sp³-hybridized carbons (Fsp3) is 0.400. The normalized spacial score (nSPS) is 20.5. The van der Waals surface area contributed by atoms with E-state index >= 15 is 0 Å². The van der Waals surface area contributed by atoms with Crippen molar-refractivity contribution < 1.29 is 14.6 Å². The zero-order chi connectivity index (χ0) is 18.4. The van der Waals surface area contributed by atoms with Crippen molar-refractivity contribution in [3.63, 3.8) is 0 Å². The van der Waals surface area contributed by atoms with Gasteiger partial charge in [0.2, 0.25) is 0 Å². The lowest BCUT2D eigenvalue weighted by Gasteiger charge is -2.38. The Balaban J connectivity index is 1.63. The zero-order valence-corrected chi connectivity index (χ0v) is 15.0. The van der Waals surface area contributed by atoms with Crippen molar-refractivity contribution >= 4 is 5.91 Å². The number of piperidine rings is 1. The van der Waals surface area contributed by atoms with Gasteiger partial charge < -0.3 is 15.2 Å². The van der Waals surface area contributed by atoms with E-state index in [4.69, 9.17) is 4.74 Å². The highest BCUT2D eigenvalue weighted by atomic mass is 16.5. The number of ether oxygens (including phenoxy) is 1. The summed E-state index contributed by atoms with van der Waals surface area (Å²) in [5.74, 6) is 0.768. The zero-order valence-electron chi connectivity index (χ0n) is 15.0. The average molecular weight is 355 g/mol. The van der Waals surface area contributed by atoms with Crippen LogP contribution in [0, 0.1) is 5.92 Å². The van der Waals surface area contributed by atoms with Crippen LogP contribution >= 0.6 is 0 Å². The van der Waals surface area contributed by atoms with Crippen molar-refractivity contribution in [1.82, 2.24) is 15.2 Å². The molecule has 2 aromatic rings. The maximum Gasteiger partial charge on any atom is 0.253 e. The van der Waals surface area contributed by atoms with Gasteiger partial charge in [0.05, 0.1) is 12.7 Å². The quantitative estimate of drug-likeness (QED) is 0.825. The van der Waals surface area contributed by atoms with Crippen molar-refractivity contribution in [2.45, 2.75) is 19.0 Å². The first-order valence-electron chi connectivity index (χ1n) is 8.86. The van der Waals surface area contributed by atoms with Crippen molar-refractivity contribution in [2.75, 3.05) is 26.8 Å². The lowest BCUT2D eigenvalue weighted by molar-refractivity contribution is 0.0730. The molecule has 0 saturated carbocycles. The van der Waals surface area contributed by atoms with E-state index in [9.17, 15) is 9.90 Å². The number of amides is 1. The number of carbonyl (C=O) groups excluding carboxylic acids is 1. The number of hydrogen-bond acceptors (Lipinski definition) is 5. The molecule has 3 rings (SSSR count). The van der Waals surface area contributed by atoms with Gasteiger partial charge in [-0.15, -0.1) is 0 Å². The van der Waals surface area contributed by atoms with Gasteiger partial charge in [0.15, 0.2) is 0 Å². The topological polar surface area (TPSA) is 74.7 Å². The molecule has 1 aliphatic heterocycles. The molecule has 1 amide bonds. The highest BCUT2D eigenvalue weighted by Crippen LogP contribution is 2.21. The van der Waals surface area contributed by atoms with Crippen LogP contribution in [0.25, 0.3) is 0 Å². The van der Waals surface area contributed by atoms with E-state index in [1.54, 1.807) is 31.6 Å². The summed E-state index contributed by atoms with van der Waals surface area (Å²) in [5.41, 5.74) is 1.74. The summed E-state index contributed by atoms with van der Waals surface area (Å²) in [5, 5.41) is 12.8. The summed E-state index contributed by atoms with van der Waals surface area (Å²) >= 11 is 0. The van der Waals surface area contributed by atoms with Crippen molar-refractivity contribution in [2.24, 2.45) is 5.92 Å². The predicted molar refractivity (Wildman–Crippen MR) is 99.0 cm³/mol. The van der Waals surface area contributed by atoms with Gasteiger partial charge in [0.1, 0.15) is 5.75 Å². The number of benzene rings is 1. The molecule has 138 valence electrons. The highest BCUT2D eigenvalue weighted by Gasteiger charge is 2.30. The van der Waals surface area contributed by atoms with Crippen LogP contribution in [0.2, 0.25) is 0 Å². The van der Waals surface area contributed by atoms with Gasteiger partial charge in [-0.05, 0) is 42.8 Å². The second-order valence-electron chi connectivity index (χ2n) is 6.64. The van der Waals surface area contributed by atoms with Gasteiger partial charge in [-0.3, -0.25) is 14.7 Å². The summed E-state index contributed by atoms with van der Waals surface area (Å²) in [6.45, 7) is 2.50. The van der Waals surface area contributed by atoms with Crippen LogP contribution in [-0.4, -0.2) is 53.7 Å². The van der Waals surface area contributed by atoms with E-state index in [0.717, 1.165) is 25.3 Å². The van der Waals surface area contributed by atoms with E-state index in [0.29, 0.717) is 12.1 Å². The van der Waals surface area contributed by atoms with E-state index in [-0.39, 0.29) is 24.5 Å². The molecule has 1 saturated heterocycles. The molecule has 6 heteroatoms. The van der Waals surface area contributed by atoms with Crippen LogP contribution in [0.15, 0.2) is 48.8 Å². The van der Waals surface area contributed by atoms with Gasteiger partial charge in [0.25, 0.3) is 5.91 Å². The molecule has 26 heavy (non-hydrogen) atoms. The third kappa shape index (κ3) is 4.59. The Kier molecular flexibility index (Phi) is 6.20. The first kappa shape index (κ1) is 18.4. The number of pyridine rings is 1. The van der Waals surface area contributed by atoms with Crippen molar-refractivity contribution in [3.8, 4) is 5.75 Å². The number of rotatable bonds is 6. The van der Waals surface area contributed by atoms with E-state index < -0.39 is 0 Å². The maximum absolute atomic E-state index is 12.4. The number of likely N-dealkylation sites (tertiary alicyclic amines) is 1. The first-order valence-corrected chi connectivity index (χ1v) is 8.86. The molecule has 1 aromatic carbocycles. The Morgan fingerprint density at radius 2 is 2.15 bits per heavy atom. The number of hydrogen-bond donors (Lipinski definition) is 2. The molecule has 0 spiro atoms. The minimum atomic E-state index is -0.146. The molecule has 2 heterocycles. The molecule has 1 aromatic heterocycles. The van der Waals surface area contributed by atoms with Gasteiger partial charge in [-0.25, -0.2) is 0 Å². The lowest BCUT2D eigenvalue weighted by atomic mass is 9.91. The lowest BCUT2D eigenvalue weighted by Crippen LogP contribution is -2.53. The minimum Gasteiger partial charge on any atom is -0.497 e. The standard InChI is InChI=1S/C20H25N3O3/c1-26-18-6-4-15(5-7-18)12-23-10-8-17(14-24)19(13-23)22-20(25)16-3-2-9-21-11-16/h2-7,9,11,17,19,24H,8,10,12-14H2,1H3,(H,22,25)/t17-,19-/m1/s1. The predicted octanol–water partition coefficient (Wildman–Crippen LogP) is 1.70. The first-order chi connectivity index (χ1) is 12.7. The maximum atomic E-state index is 12.4. The Morgan fingerprint density at radius 1 is 1.35 bits per heavy atom. The molecule has 0 bridgehead atoms. The summed E-state index contributed by atoms with van der Waals surface area (Å²) < 4.78 is 5.20. The SMILES string of the molecule is COc1ccc(CN2CC[C@H](CO)[C@H](NC(=O)c3cccnc3)C2)cc1. The van der Waals surface area contributed by atoms with Crippen LogP contribution in [0.5, 0.6) is 5.75 Å². The fourth-order valence-electron chi connectivity index (χ4n) is 3.33. The molecule has 0 radical (unpaired) electrons. The molecule has 2 atom stereocenters. The van der Waals surface area contributed by atoms with Crippen LogP contribution in [0.1, 0.15) is 22.3 Å².